The van der Waals surface area contributed by atoms with E-state index in [9.17, 15) is 13.3 Å². The van der Waals surface area contributed by atoms with Gasteiger partial charge >= 0.3 is 36.2 Å². The van der Waals surface area contributed by atoms with Gasteiger partial charge in [0.2, 0.25) is 5.88 Å². The molecular weight excluding hydrogens is 259 g/mol. The summed E-state index contributed by atoms with van der Waals surface area (Å²) in [7, 11) is 0. The molecule has 2 rings (SSSR count). The Hall–Kier alpha value is -0.400. The van der Waals surface area contributed by atoms with Crippen LogP contribution in [0, 0.1) is 0 Å². The van der Waals surface area contributed by atoms with Crippen molar-refractivity contribution in [2.24, 2.45) is 0 Å². The molecule has 0 amide bonds. The Labute approximate surface area is 123 Å². The summed E-state index contributed by atoms with van der Waals surface area (Å²) in [5.74, 6) is -0.164. The van der Waals surface area contributed by atoms with Gasteiger partial charge in [-0.25, -0.2) is 17.0 Å². The van der Waals surface area contributed by atoms with Gasteiger partial charge in [0.25, 0.3) is 0 Å². The van der Waals surface area contributed by atoms with Crippen LogP contribution in [0.5, 0.6) is 5.88 Å². The average Bonchev–Trinajstić information content (AvgIpc) is 2.28. The summed E-state index contributed by atoms with van der Waals surface area (Å²) in [4.78, 5) is 4.17. The topological polar surface area (TPSA) is 45.2 Å². The Kier molecular flexibility index (Phi) is 5.61. The number of benzene rings is 1. The fourth-order valence-electron chi connectivity index (χ4n) is 1.40. The van der Waals surface area contributed by atoms with Crippen LogP contribution in [0.2, 0.25) is 0 Å². The SMILES string of the molecule is [Na+].[O-]Sc1cccc2c(OC(F)F)nccc12. The first kappa shape index (κ1) is 14.7. The molecule has 0 atom stereocenters. The number of alkyl halides is 2. The van der Waals surface area contributed by atoms with Gasteiger partial charge in [-0.2, -0.15) is 8.78 Å². The first-order chi connectivity index (χ1) is 7.72. The van der Waals surface area contributed by atoms with Crippen molar-refractivity contribution in [3.63, 3.8) is 0 Å². The average molecular weight is 265 g/mol. The largest absolute Gasteiger partial charge is 1.00 e. The van der Waals surface area contributed by atoms with Crippen LogP contribution in [0.15, 0.2) is 35.4 Å². The predicted molar refractivity (Wildman–Crippen MR) is 55.0 cm³/mol. The van der Waals surface area contributed by atoms with Crippen molar-refractivity contribution in [1.82, 2.24) is 4.98 Å². The van der Waals surface area contributed by atoms with Crippen LogP contribution in [0.4, 0.5) is 8.78 Å². The van der Waals surface area contributed by atoms with Crippen LogP contribution in [-0.2, 0) is 0 Å². The third-order valence-corrected chi connectivity index (χ3v) is 2.56. The van der Waals surface area contributed by atoms with Crippen molar-refractivity contribution in [3.8, 4) is 5.88 Å². The molecule has 0 bridgehead atoms. The molecule has 2 aromatic rings. The zero-order valence-electron chi connectivity index (χ0n) is 8.89. The smallest absolute Gasteiger partial charge is 0.795 e. The summed E-state index contributed by atoms with van der Waals surface area (Å²) in [6.07, 6.45) is 1.33. The molecule has 84 valence electrons. The second-order valence-corrected chi connectivity index (χ2v) is 3.54. The zero-order chi connectivity index (χ0) is 11.5. The van der Waals surface area contributed by atoms with Crippen LogP contribution in [0.1, 0.15) is 0 Å². The van der Waals surface area contributed by atoms with Gasteiger partial charge in [0.05, 0.1) is 0 Å². The van der Waals surface area contributed by atoms with E-state index in [-0.39, 0.29) is 35.4 Å². The van der Waals surface area contributed by atoms with E-state index in [1.807, 2.05) is 0 Å². The van der Waals surface area contributed by atoms with Gasteiger partial charge in [-0.15, -0.1) is 0 Å². The summed E-state index contributed by atoms with van der Waals surface area (Å²) in [5, 5.41) is 0.969. The van der Waals surface area contributed by atoms with Crippen LogP contribution >= 0.6 is 12.0 Å². The third-order valence-electron chi connectivity index (χ3n) is 2.02. The molecule has 0 fully saturated rings. The summed E-state index contributed by atoms with van der Waals surface area (Å²) >= 11 is 0.305. The molecule has 0 unspecified atom stereocenters. The number of hydrogen-bond acceptors (Lipinski definition) is 4. The van der Waals surface area contributed by atoms with E-state index in [1.165, 1.54) is 6.20 Å². The van der Waals surface area contributed by atoms with E-state index >= 15 is 0 Å². The normalized spacial score (nSPS) is 10.4. The number of halogens is 2. The molecule has 1 aromatic heterocycles. The molecule has 1 heterocycles. The molecule has 0 aliphatic heterocycles. The monoisotopic (exact) mass is 265 g/mol. The van der Waals surface area contributed by atoms with Gasteiger partial charge in [-0.3, -0.25) is 0 Å². The van der Waals surface area contributed by atoms with Crippen molar-refractivity contribution in [2.45, 2.75) is 11.5 Å². The summed E-state index contributed by atoms with van der Waals surface area (Å²) in [6, 6.07) is 6.39. The minimum atomic E-state index is -2.93. The maximum atomic E-state index is 12.1. The fraction of sp³-hybridized carbons (Fsp3) is 0.100. The summed E-state index contributed by atoms with van der Waals surface area (Å²) in [5.41, 5.74) is 0. The van der Waals surface area contributed by atoms with E-state index in [0.29, 0.717) is 27.7 Å². The van der Waals surface area contributed by atoms with E-state index in [2.05, 4.69) is 9.72 Å². The van der Waals surface area contributed by atoms with Crippen LogP contribution in [0.3, 0.4) is 0 Å². The van der Waals surface area contributed by atoms with Gasteiger partial charge in [0, 0.05) is 21.9 Å². The molecule has 3 nitrogen and oxygen atoms in total. The second kappa shape index (κ2) is 6.51. The predicted octanol–water partition coefficient (Wildman–Crippen LogP) is 0.0627. The van der Waals surface area contributed by atoms with E-state index in [0.717, 1.165) is 0 Å². The Bertz CT molecular complexity index is 513. The maximum absolute atomic E-state index is 12.1. The maximum Gasteiger partial charge on any atom is 1.00 e. The van der Waals surface area contributed by atoms with Crippen molar-refractivity contribution in [1.29, 1.82) is 0 Å². The van der Waals surface area contributed by atoms with E-state index in [1.54, 1.807) is 24.3 Å². The molecule has 1 aromatic carbocycles. The van der Waals surface area contributed by atoms with Gasteiger partial charge in [-0.05, 0) is 18.2 Å². The van der Waals surface area contributed by atoms with Gasteiger partial charge in [0.1, 0.15) is 0 Å². The molecule has 17 heavy (non-hydrogen) atoms. The Morgan fingerprint density at radius 2 is 2.00 bits per heavy atom. The second-order valence-electron chi connectivity index (χ2n) is 2.93. The molecule has 0 saturated carbocycles. The van der Waals surface area contributed by atoms with Crippen molar-refractivity contribution in [3.05, 3.63) is 30.5 Å². The van der Waals surface area contributed by atoms with Crippen LogP contribution in [-0.4, -0.2) is 16.1 Å². The molecule has 0 aliphatic carbocycles. The number of ether oxygens (including phenoxy) is 1. The third kappa shape index (κ3) is 3.29. The van der Waals surface area contributed by atoms with Gasteiger partial charge in [-0.1, -0.05) is 6.07 Å². The number of aromatic nitrogens is 1. The summed E-state index contributed by atoms with van der Waals surface area (Å²) in [6.45, 7) is -2.93. The Balaban J connectivity index is 0.00000144. The number of pyridine rings is 1. The van der Waals surface area contributed by atoms with E-state index < -0.39 is 6.61 Å². The molecule has 0 aliphatic rings. The molecule has 0 saturated heterocycles. The van der Waals surface area contributed by atoms with Gasteiger partial charge in [0.15, 0.2) is 0 Å². The first-order valence-electron chi connectivity index (χ1n) is 4.34. The molecule has 0 N–H and O–H groups in total. The van der Waals surface area contributed by atoms with E-state index in [4.69, 9.17) is 0 Å². The number of rotatable bonds is 3. The zero-order valence-corrected chi connectivity index (χ0v) is 11.7. The fourth-order valence-corrected chi connectivity index (χ4v) is 1.80. The standard InChI is InChI=1S/C10H7F2NO2S.Na/c11-10(12)15-9-7-2-1-3-8(16-14)6(7)4-5-13-9;/h1-5,10,14H;/q;+1/p-1. The summed E-state index contributed by atoms with van der Waals surface area (Å²) < 4.78 is 39.3. The molecular formula is C10H6F2NNaO2S. The Morgan fingerprint density at radius 3 is 2.65 bits per heavy atom. The van der Waals surface area contributed by atoms with Gasteiger partial charge < -0.3 is 9.29 Å². The number of hydrogen-bond donors (Lipinski definition) is 0. The minimum Gasteiger partial charge on any atom is -0.795 e. The minimum absolute atomic E-state index is 0. The molecule has 0 radical (unpaired) electrons. The van der Waals surface area contributed by atoms with Crippen LogP contribution < -0.4 is 34.3 Å². The van der Waals surface area contributed by atoms with Crippen molar-refractivity contribution < 1.29 is 47.6 Å². The van der Waals surface area contributed by atoms with Crippen LogP contribution in [0.25, 0.3) is 10.8 Å². The molecule has 0 spiro atoms. The Morgan fingerprint density at radius 1 is 1.24 bits per heavy atom. The first-order valence-corrected chi connectivity index (χ1v) is 5.09. The quantitative estimate of drug-likeness (QED) is 0.581. The van der Waals surface area contributed by atoms with Crippen molar-refractivity contribution >= 4 is 22.8 Å². The molecule has 7 heteroatoms. The number of nitrogens with zero attached hydrogens (tertiary/aromatic N) is 1. The van der Waals surface area contributed by atoms with Crippen molar-refractivity contribution in [2.75, 3.05) is 0 Å². The number of fused-ring (bicyclic) bond motifs is 1.